The first-order valence-corrected chi connectivity index (χ1v) is 8.97. The van der Waals surface area contributed by atoms with Crippen molar-refractivity contribution in [3.05, 3.63) is 53.7 Å². The number of pyridine rings is 1. The molecule has 2 N–H and O–H groups in total. The van der Waals surface area contributed by atoms with Crippen molar-refractivity contribution in [2.24, 2.45) is 0 Å². The quantitative estimate of drug-likeness (QED) is 0.831. The van der Waals surface area contributed by atoms with E-state index in [-0.39, 0.29) is 17.8 Å². The fourth-order valence-corrected chi connectivity index (χ4v) is 2.99. The number of aromatic nitrogens is 1. The second-order valence-corrected chi connectivity index (χ2v) is 6.56. The minimum atomic E-state index is -0.0423. The van der Waals surface area contributed by atoms with Crippen LogP contribution in [-0.4, -0.2) is 41.8 Å². The first-order chi connectivity index (χ1) is 12.6. The number of aromatic hydroxyl groups is 1. The van der Waals surface area contributed by atoms with Crippen LogP contribution in [0.4, 0.5) is 5.82 Å². The molecule has 1 aliphatic heterocycles. The third-order valence-corrected chi connectivity index (χ3v) is 4.48. The Kier molecular flexibility index (Phi) is 6.07. The topological polar surface area (TPSA) is 74.7 Å². The summed E-state index contributed by atoms with van der Waals surface area (Å²) in [5.74, 6) is 1.13. The lowest BCUT2D eigenvalue weighted by molar-refractivity contribution is -0.121. The normalized spacial score (nSPS) is 17.1. The molecule has 1 fully saturated rings. The lowest BCUT2D eigenvalue weighted by Crippen LogP contribution is -2.41. The van der Waals surface area contributed by atoms with E-state index in [1.807, 2.05) is 24.3 Å². The zero-order chi connectivity index (χ0) is 18.4. The summed E-state index contributed by atoms with van der Waals surface area (Å²) < 4.78 is 5.55. The Balaban J connectivity index is 1.45. The van der Waals surface area contributed by atoms with Gasteiger partial charge >= 0.3 is 0 Å². The lowest BCUT2D eigenvalue weighted by Gasteiger charge is -2.32. The number of amides is 1. The van der Waals surface area contributed by atoms with Crippen LogP contribution in [0.25, 0.3) is 0 Å². The molecule has 138 valence electrons. The van der Waals surface area contributed by atoms with Gasteiger partial charge in [0.25, 0.3) is 0 Å². The molecule has 0 radical (unpaired) electrons. The van der Waals surface area contributed by atoms with Gasteiger partial charge in [0.2, 0.25) is 5.91 Å². The monoisotopic (exact) mass is 355 g/mol. The number of carbonyl (C=O) groups excluding carboxylic acids is 1. The number of ether oxygens (including phenoxy) is 1. The summed E-state index contributed by atoms with van der Waals surface area (Å²) in [6.45, 7) is 4.92. The predicted molar refractivity (Wildman–Crippen MR) is 100 cm³/mol. The molecule has 1 saturated heterocycles. The number of hydrogen-bond donors (Lipinski definition) is 2. The van der Waals surface area contributed by atoms with E-state index >= 15 is 0 Å². The second kappa shape index (κ2) is 8.67. The Hall–Kier alpha value is -2.60. The number of carbonyl (C=O) groups is 1. The number of nitrogens with one attached hydrogen (secondary N) is 1. The SMILES string of the molecule is CC1CN(c2ccc(CNC(=O)CCc3ccccc3O)cn2)CCO1. The molecule has 6 nitrogen and oxygen atoms in total. The smallest absolute Gasteiger partial charge is 0.220 e. The Morgan fingerprint density at radius 1 is 1.35 bits per heavy atom. The fraction of sp³-hybridized carbons (Fsp3) is 0.400. The van der Waals surface area contributed by atoms with Crippen LogP contribution in [0.3, 0.4) is 0 Å². The number of para-hydroxylation sites is 1. The van der Waals surface area contributed by atoms with Crippen LogP contribution in [0.1, 0.15) is 24.5 Å². The molecule has 1 aliphatic rings. The number of phenolic OH excluding ortho intramolecular Hbond substituents is 1. The minimum Gasteiger partial charge on any atom is -0.508 e. The summed E-state index contributed by atoms with van der Waals surface area (Å²) in [5.41, 5.74) is 1.75. The standard InChI is InChI=1S/C20H25N3O3/c1-15-14-23(10-11-26-15)19-8-6-16(12-21-19)13-22-20(25)9-7-17-4-2-3-5-18(17)24/h2-6,8,12,15,24H,7,9-11,13-14H2,1H3,(H,22,25). The number of anilines is 1. The highest BCUT2D eigenvalue weighted by atomic mass is 16.5. The van der Waals surface area contributed by atoms with E-state index in [1.54, 1.807) is 18.3 Å². The van der Waals surface area contributed by atoms with Gasteiger partial charge in [0.1, 0.15) is 11.6 Å². The van der Waals surface area contributed by atoms with Crippen molar-refractivity contribution in [2.45, 2.75) is 32.4 Å². The van der Waals surface area contributed by atoms with E-state index in [9.17, 15) is 9.90 Å². The van der Waals surface area contributed by atoms with Crippen molar-refractivity contribution in [2.75, 3.05) is 24.6 Å². The third-order valence-electron chi connectivity index (χ3n) is 4.48. The van der Waals surface area contributed by atoms with E-state index in [0.29, 0.717) is 19.4 Å². The lowest BCUT2D eigenvalue weighted by atomic mass is 10.1. The summed E-state index contributed by atoms with van der Waals surface area (Å²) in [7, 11) is 0. The van der Waals surface area contributed by atoms with E-state index in [1.165, 1.54) is 0 Å². The van der Waals surface area contributed by atoms with Crippen molar-refractivity contribution < 1.29 is 14.6 Å². The zero-order valence-corrected chi connectivity index (χ0v) is 15.0. The van der Waals surface area contributed by atoms with Crippen molar-refractivity contribution in [1.82, 2.24) is 10.3 Å². The number of rotatable bonds is 6. The molecule has 1 amide bonds. The van der Waals surface area contributed by atoms with Gasteiger partial charge in [0, 0.05) is 32.3 Å². The van der Waals surface area contributed by atoms with Crippen LogP contribution >= 0.6 is 0 Å². The van der Waals surface area contributed by atoms with Crippen LogP contribution in [-0.2, 0) is 22.5 Å². The highest BCUT2D eigenvalue weighted by molar-refractivity contribution is 5.76. The first-order valence-electron chi connectivity index (χ1n) is 8.97. The maximum Gasteiger partial charge on any atom is 0.220 e. The van der Waals surface area contributed by atoms with Gasteiger partial charge in [0.05, 0.1) is 12.7 Å². The number of nitrogens with zero attached hydrogens (tertiary/aromatic N) is 2. The molecular weight excluding hydrogens is 330 g/mol. The molecule has 0 spiro atoms. The Bertz CT molecular complexity index is 733. The van der Waals surface area contributed by atoms with Crippen LogP contribution in [0.5, 0.6) is 5.75 Å². The van der Waals surface area contributed by atoms with E-state index < -0.39 is 0 Å². The number of aryl methyl sites for hydroxylation is 1. The second-order valence-electron chi connectivity index (χ2n) is 6.56. The Labute approximate surface area is 153 Å². The molecule has 0 bridgehead atoms. The number of morpholine rings is 1. The van der Waals surface area contributed by atoms with Gasteiger partial charge in [-0.25, -0.2) is 4.98 Å². The van der Waals surface area contributed by atoms with Gasteiger partial charge in [-0.1, -0.05) is 24.3 Å². The van der Waals surface area contributed by atoms with Gasteiger partial charge in [-0.3, -0.25) is 4.79 Å². The van der Waals surface area contributed by atoms with Crippen LogP contribution < -0.4 is 10.2 Å². The highest BCUT2D eigenvalue weighted by Crippen LogP contribution is 2.17. The minimum absolute atomic E-state index is 0.0423. The fourth-order valence-electron chi connectivity index (χ4n) is 2.99. The molecule has 6 heteroatoms. The molecule has 2 aromatic rings. The molecule has 3 rings (SSSR count). The van der Waals surface area contributed by atoms with Crippen molar-refractivity contribution >= 4 is 11.7 Å². The summed E-state index contributed by atoms with van der Waals surface area (Å²) in [6.07, 6.45) is 2.88. The Morgan fingerprint density at radius 2 is 2.19 bits per heavy atom. The number of hydrogen-bond acceptors (Lipinski definition) is 5. The molecule has 1 atom stereocenters. The average Bonchev–Trinajstić information content (AvgIpc) is 2.66. The number of phenols is 1. The van der Waals surface area contributed by atoms with Crippen molar-refractivity contribution in [3.63, 3.8) is 0 Å². The molecule has 26 heavy (non-hydrogen) atoms. The predicted octanol–water partition coefficient (Wildman–Crippen LogP) is 2.26. The van der Waals surface area contributed by atoms with Crippen molar-refractivity contribution in [3.8, 4) is 5.75 Å². The molecular formula is C20H25N3O3. The molecule has 1 unspecified atom stereocenters. The first kappa shape index (κ1) is 18.2. The van der Waals surface area contributed by atoms with Crippen LogP contribution in [0.15, 0.2) is 42.6 Å². The Morgan fingerprint density at radius 3 is 2.92 bits per heavy atom. The van der Waals surface area contributed by atoms with Crippen molar-refractivity contribution in [1.29, 1.82) is 0 Å². The van der Waals surface area contributed by atoms with Gasteiger partial charge < -0.3 is 20.1 Å². The molecule has 0 aliphatic carbocycles. The van der Waals surface area contributed by atoms with Gasteiger partial charge in [-0.05, 0) is 36.6 Å². The van der Waals surface area contributed by atoms with Gasteiger partial charge in [-0.2, -0.15) is 0 Å². The summed E-state index contributed by atoms with van der Waals surface area (Å²) >= 11 is 0. The van der Waals surface area contributed by atoms with E-state index in [0.717, 1.165) is 36.6 Å². The van der Waals surface area contributed by atoms with Gasteiger partial charge in [0.15, 0.2) is 0 Å². The molecule has 1 aromatic heterocycles. The number of benzene rings is 1. The highest BCUT2D eigenvalue weighted by Gasteiger charge is 2.17. The maximum atomic E-state index is 12.0. The molecule has 0 saturated carbocycles. The van der Waals surface area contributed by atoms with Crippen LogP contribution in [0.2, 0.25) is 0 Å². The largest absolute Gasteiger partial charge is 0.508 e. The zero-order valence-electron chi connectivity index (χ0n) is 15.0. The molecule has 1 aromatic carbocycles. The van der Waals surface area contributed by atoms with Crippen LogP contribution in [0, 0.1) is 0 Å². The maximum absolute atomic E-state index is 12.0. The summed E-state index contributed by atoms with van der Waals surface area (Å²) in [4.78, 5) is 18.7. The van der Waals surface area contributed by atoms with E-state index in [4.69, 9.17) is 4.74 Å². The summed E-state index contributed by atoms with van der Waals surface area (Å²) in [5, 5.41) is 12.6. The average molecular weight is 355 g/mol. The van der Waals surface area contributed by atoms with E-state index in [2.05, 4.69) is 22.1 Å². The van der Waals surface area contributed by atoms with Gasteiger partial charge in [-0.15, -0.1) is 0 Å². The third kappa shape index (κ3) is 4.95. The summed E-state index contributed by atoms with van der Waals surface area (Å²) in [6, 6.07) is 11.1. The molecule has 2 heterocycles.